The van der Waals surface area contributed by atoms with Crippen LogP contribution in [-0.2, 0) is 18.8 Å². The molecule has 0 saturated heterocycles. The zero-order chi connectivity index (χ0) is 14.3. The average molecular weight is 291 g/mol. The van der Waals surface area contributed by atoms with Gasteiger partial charge >= 0.3 is 5.97 Å². The van der Waals surface area contributed by atoms with Gasteiger partial charge in [-0.2, -0.15) is 0 Å². The van der Waals surface area contributed by atoms with Crippen molar-refractivity contribution in [3.8, 4) is 0 Å². The summed E-state index contributed by atoms with van der Waals surface area (Å²) in [4.78, 5) is 16.5. The Morgan fingerprint density at radius 3 is 2.33 bits per heavy atom. The highest BCUT2D eigenvalue weighted by Gasteiger charge is 2.26. The van der Waals surface area contributed by atoms with Crippen LogP contribution in [0, 0.1) is 0 Å². The van der Waals surface area contributed by atoms with E-state index in [2.05, 4.69) is 16.6 Å². The zero-order valence-electron chi connectivity index (χ0n) is 11.8. The molecule has 0 radical (unpaired) electrons. The molecule has 5 nitrogen and oxygen atoms in total. The largest absolute Gasteiger partial charge is 0.543 e. The summed E-state index contributed by atoms with van der Waals surface area (Å²) in [7, 11) is -0.501. The topological polar surface area (TPSA) is 57.1 Å². The number of thioether (sulfide) groups is 1. The van der Waals surface area contributed by atoms with Crippen LogP contribution in [0.25, 0.3) is 0 Å². The second-order valence-electron chi connectivity index (χ2n) is 4.47. The molecule has 0 aromatic heterocycles. The standard InChI is InChI=1S/C11H21NO4SSi/c1-8(16-18(5,6)7)10(12-14-3)11(13)15-9(2)17-4/h9H,1H2,2-7H3/b12-10+. The van der Waals surface area contributed by atoms with Gasteiger partial charge in [0.25, 0.3) is 0 Å². The summed E-state index contributed by atoms with van der Waals surface area (Å²) in [6.45, 7) is 11.4. The first-order valence-corrected chi connectivity index (χ1v) is 10.1. The van der Waals surface area contributed by atoms with E-state index < -0.39 is 14.3 Å². The molecule has 0 bridgehead atoms. The van der Waals surface area contributed by atoms with E-state index in [-0.39, 0.29) is 16.9 Å². The molecule has 0 spiro atoms. The Bertz CT molecular complexity index is 338. The van der Waals surface area contributed by atoms with E-state index in [9.17, 15) is 4.79 Å². The minimum atomic E-state index is -1.86. The number of ether oxygens (including phenoxy) is 1. The van der Waals surface area contributed by atoms with E-state index in [0.717, 1.165) is 0 Å². The first-order chi connectivity index (χ1) is 8.21. The molecule has 0 aromatic rings. The van der Waals surface area contributed by atoms with Gasteiger partial charge in [-0.25, -0.2) is 4.79 Å². The molecule has 0 rings (SSSR count). The van der Waals surface area contributed by atoms with E-state index >= 15 is 0 Å². The van der Waals surface area contributed by atoms with Crippen LogP contribution in [0.2, 0.25) is 19.6 Å². The van der Waals surface area contributed by atoms with Gasteiger partial charge < -0.3 is 14.0 Å². The van der Waals surface area contributed by atoms with Gasteiger partial charge in [0.15, 0.2) is 0 Å². The van der Waals surface area contributed by atoms with Crippen molar-refractivity contribution in [3.63, 3.8) is 0 Å². The van der Waals surface area contributed by atoms with Gasteiger partial charge in [-0.3, -0.25) is 0 Å². The van der Waals surface area contributed by atoms with Crippen molar-refractivity contribution in [1.82, 2.24) is 0 Å². The van der Waals surface area contributed by atoms with E-state index in [4.69, 9.17) is 9.16 Å². The van der Waals surface area contributed by atoms with Crippen LogP contribution in [0.15, 0.2) is 17.5 Å². The van der Waals surface area contributed by atoms with Crippen molar-refractivity contribution >= 4 is 31.8 Å². The molecule has 0 N–H and O–H groups in total. The molecular formula is C11H21NO4SSi. The number of hydrogen-bond acceptors (Lipinski definition) is 6. The Hall–Kier alpha value is -0.953. The van der Waals surface area contributed by atoms with Gasteiger partial charge in [0.2, 0.25) is 14.0 Å². The highest BCUT2D eigenvalue weighted by molar-refractivity contribution is 7.99. The first kappa shape index (κ1) is 17.0. The fourth-order valence-electron chi connectivity index (χ4n) is 0.966. The van der Waals surface area contributed by atoms with Gasteiger partial charge in [-0.1, -0.05) is 11.7 Å². The molecule has 1 unspecified atom stereocenters. The minimum Gasteiger partial charge on any atom is -0.543 e. The van der Waals surface area contributed by atoms with E-state index in [1.165, 1.54) is 18.9 Å². The van der Waals surface area contributed by atoms with Crippen molar-refractivity contribution in [2.24, 2.45) is 5.16 Å². The van der Waals surface area contributed by atoms with Crippen molar-refractivity contribution in [2.45, 2.75) is 32.0 Å². The molecule has 0 aliphatic rings. The number of esters is 1. The molecular weight excluding hydrogens is 270 g/mol. The highest BCUT2D eigenvalue weighted by atomic mass is 32.2. The summed E-state index contributed by atoms with van der Waals surface area (Å²) in [6.07, 6.45) is 1.85. The lowest BCUT2D eigenvalue weighted by Crippen LogP contribution is -2.31. The molecule has 7 heteroatoms. The number of oxime groups is 1. The van der Waals surface area contributed by atoms with Crippen LogP contribution in [0.5, 0.6) is 0 Å². The van der Waals surface area contributed by atoms with Crippen molar-refractivity contribution in [3.05, 3.63) is 12.3 Å². The summed E-state index contributed by atoms with van der Waals surface area (Å²) in [5.74, 6) is -0.406. The lowest BCUT2D eigenvalue weighted by molar-refractivity contribution is -0.136. The number of hydrogen-bond donors (Lipinski definition) is 0. The van der Waals surface area contributed by atoms with Crippen LogP contribution in [0.3, 0.4) is 0 Å². The number of rotatable bonds is 7. The summed E-state index contributed by atoms with van der Waals surface area (Å²) >= 11 is 1.41. The third-order valence-corrected chi connectivity index (χ3v) is 3.29. The smallest absolute Gasteiger partial charge is 0.365 e. The van der Waals surface area contributed by atoms with Crippen LogP contribution < -0.4 is 0 Å². The average Bonchev–Trinajstić information content (AvgIpc) is 2.22. The molecule has 1 atom stereocenters. The molecule has 0 aliphatic carbocycles. The Morgan fingerprint density at radius 1 is 1.39 bits per heavy atom. The Kier molecular flexibility index (Phi) is 7.08. The highest BCUT2D eigenvalue weighted by Crippen LogP contribution is 2.14. The Balaban J connectivity index is 4.82. The van der Waals surface area contributed by atoms with Crippen LogP contribution >= 0.6 is 11.8 Å². The maximum atomic E-state index is 11.9. The van der Waals surface area contributed by atoms with Crippen LogP contribution in [0.4, 0.5) is 0 Å². The molecule has 0 amide bonds. The second-order valence-corrected chi connectivity index (χ2v) is 10.0. The fourth-order valence-corrected chi connectivity index (χ4v) is 1.99. The van der Waals surface area contributed by atoms with Crippen molar-refractivity contribution < 1.29 is 18.8 Å². The van der Waals surface area contributed by atoms with Crippen molar-refractivity contribution in [1.29, 1.82) is 0 Å². The maximum absolute atomic E-state index is 11.9. The molecule has 0 heterocycles. The summed E-state index contributed by atoms with van der Waals surface area (Å²) in [5, 5.41) is 3.63. The van der Waals surface area contributed by atoms with Crippen LogP contribution in [0.1, 0.15) is 6.92 Å². The quantitative estimate of drug-likeness (QED) is 0.180. The number of nitrogens with zero attached hydrogens (tertiary/aromatic N) is 1. The third-order valence-electron chi connectivity index (χ3n) is 1.67. The maximum Gasteiger partial charge on any atom is 0.365 e. The normalized spacial score (nSPS) is 13.8. The Labute approximate surface area is 114 Å². The van der Waals surface area contributed by atoms with E-state index in [1.807, 2.05) is 25.9 Å². The summed E-state index contributed by atoms with van der Waals surface area (Å²) < 4.78 is 10.8. The van der Waals surface area contributed by atoms with Gasteiger partial charge in [0, 0.05) is 0 Å². The van der Waals surface area contributed by atoms with Gasteiger partial charge in [0.05, 0.1) is 0 Å². The zero-order valence-corrected chi connectivity index (χ0v) is 13.6. The number of carbonyl (C=O) groups is 1. The fraction of sp³-hybridized carbons (Fsp3) is 0.636. The van der Waals surface area contributed by atoms with Crippen molar-refractivity contribution in [2.75, 3.05) is 13.4 Å². The molecule has 18 heavy (non-hydrogen) atoms. The first-order valence-electron chi connectivity index (χ1n) is 5.44. The predicted molar refractivity (Wildman–Crippen MR) is 77.1 cm³/mol. The monoisotopic (exact) mass is 291 g/mol. The third kappa shape index (κ3) is 6.70. The lowest BCUT2D eigenvalue weighted by Gasteiger charge is -2.21. The lowest BCUT2D eigenvalue weighted by atomic mass is 10.3. The van der Waals surface area contributed by atoms with Crippen LogP contribution in [-0.4, -0.2) is 38.8 Å². The Morgan fingerprint density at radius 2 is 1.94 bits per heavy atom. The SMILES string of the molecule is C=C(O[Si](C)(C)C)/C(=N\OC)C(=O)OC(C)SC. The molecule has 0 saturated carbocycles. The molecule has 104 valence electrons. The summed E-state index contributed by atoms with van der Waals surface area (Å²) in [6, 6.07) is 0. The van der Waals surface area contributed by atoms with Gasteiger partial charge in [-0.05, 0) is 32.8 Å². The molecule has 0 aliphatic heterocycles. The second kappa shape index (κ2) is 7.47. The number of carbonyl (C=O) groups excluding carboxylic acids is 1. The van der Waals surface area contributed by atoms with E-state index in [1.54, 1.807) is 6.92 Å². The molecule has 0 aromatic carbocycles. The predicted octanol–water partition coefficient (Wildman–Crippen LogP) is 2.61. The summed E-state index contributed by atoms with van der Waals surface area (Å²) in [5.41, 5.74) is -0.292. The van der Waals surface area contributed by atoms with E-state index in [0.29, 0.717) is 0 Å². The minimum absolute atomic E-state index is 0.0270. The van der Waals surface area contributed by atoms with Gasteiger partial charge in [-0.15, -0.1) is 11.8 Å². The van der Waals surface area contributed by atoms with Gasteiger partial charge in [0.1, 0.15) is 18.3 Å². The molecule has 0 fully saturated rings.